The molecule has 20 heavy (non-hydrogen) atoms. The molecule has 0 aliphatic carbocycles. The summed E-state index contributed by atoms with van der Waals surface area (Å²) in [5.41, 5.74) is 2.30. The van der Waals surface area contributed by atoms with Crippen LogP contribution in [-0.2, 0) is 6.42 Å². The second-order valence-electron chi connectivity index (χ2n) is 4.21. The van der Waals surface area contributed by atoms with Crippen LogP contribution in [0, 0.1) is 11.3 Å². The molecule has 0 fully saturated rings. The van der Waals surface area contributed by atoms with Gasteiger partial charge in [0.1, 0.15) is 6.07 Å². The Morgan fingerprint density at radius 1 is 1.00 bits per heavy atom. The summed E-state index contributed by atoms with van der Waals surface area (Å²) in [5.74, 6) is 0. The lowest BCUT2D eigenvalue weighted by atomic mass is 10.1. The minimum Gasteiger partial charge on any atom is -0.384 e. The molecule has 0 atom stereocenters. The first-order valence-corrected chi connectivity index (χ1v) is 7.11. The summed E-state index contributed by atoms with van der Waals surface area (Å²) < 4.78 is 0. The second-order valence-corrected chi connectivity index (χ2v) is 5.49. The second kappa shape index (κ2) is 6.85. The van der Waals surface area contributed by atoms with Gasteiger partial charge in [-0.05, 0) is 42.3 Å². The molecule has 0 spiro atoms. The third-order valence-electron chi connectivity index (χ3n) is 2.83. The van der Waals surface area contributed by atoms with Crippen LogP contribution in [0.4, 0.5) is 5.69 Å². The predicted octanol–water partition coefficient (Wildman–Crippen LogP) is 5.17. The van der Waals surface area contributed by atoms with Crippen LogP contribution in [0.1, 0.15) is 11.1 Å². The summed E-state index contributed by atoms with van der Waals surface area (Å²) in [5, 5.41) is 14.1. The summed E-state index contributed by atoms with van der Waals surface area (Å²) in [6.45, 7) is 0.649. The Hall–Kier alpha value is -1.40. The molecule has 0 unspecified atom stereocenters. The van der Waals surface area contributed by atoms with Gasteiger partial charge in [0.15, 0.2) is 0 Å². The largest absolute Gasteiger partial charge is 0.384 e. The first-order chi connectivity index (χ1) is 9.60. The molecule has 1 N–H and O–H groups in total. The molecule has 0 saturated heterocycles. The number of hydrogen-bond acceptors (Lipinski definition) is 2. The van der Waals surface area contributed by atoms with Crippen molar-refractivity contribution in [1.82, 2.24) is 0 Å². The summed E-state index contributed by atoms with van der Waals surface area (Å²) in [6, 6.07) is 12.7. The zero-order chi connectivity index (χ0) is 14.5. The number of nitrogens with zero attached hydrogens (tertiary/aromatic N) is 1. The topological polar surface area (TPSA) is 35.8 Å². The number of halogens is 3. The van der Waals surface area contributed by atoms with Crippen LogP contribution < -0.4 is 5.32 Å². The number of anilines is 1. The first kappa shape index (κ1) is 15.0. The van der Waals surface area contributed by atoms with Gasteiger partial charge in [-0.25, -0.2) is 0 Å². The van der Waals surface area contributed by atoms with Gasteiger partial charge in [-0.3, -0.25) is 0 Å². The summed E-state index contributed by atoms with van der Waals surface area (Å²) in [6.07, 6.45) is 0.730. The van der Waals surface area contributed by atoms with Crippen molar-refractivity contribution >= 4 is 40.5 Å². The number of rotatable bonds is 4. The van der Waals surface area contributed by atoms with Crippen molar-refractivity contribution in [2.75, 3.05) is 11.9 Å². The van der Waals surface area contributed by atoms with Gasteiger partial charge in [-0.2, -0.15) is 5.26 Å². The lowest BCUT2D eigenvalue weighted by molar-refractivity contribution is 1.02. The van der Waals surface area contributed by atoms with Crippen molar-refractivity contribution in [2.45, 2.75) is 6.42 Å². The predicted molar refractivity (Wildman–Crippen MR) is 84.8 cm³/mol. The molecule has 0 bridgehead atoms. The molecule has 0 radical (unpaired) electrons. The van der Waals surface area contributed by atoms with Crippen molar-refractivity contribution in [1.29, 1.82) is 5.26 Å². The van der Waals surface area contributed by atoms with Crippen LogP contribution in [0.5, 0.6) is 0 Å². The van der Waals surface area contributed by atoms with Crippen LogP contribution in [0.2, 0.25) is 15.1 Å². The molecule has 0 saturated carbocycles. The van der Waals surface area contributed by atoms with Crippen molar-refractivity contribution in [3.63, 3.8) is 0 Å². The zero-order valence-electron chi connectivity index (χ0n) is 10.5. The fourth-order valence-corrected chi connectivity index (χ4v) is 2.49. The van der Waals surface area contributed by atoms with Gasteiger partial charge in [0.05, 0.1) is 11.3 Å². The van der Waals surface area contributed by atoms with Crippen LogP contribution in [0.15, 0.2) is 36.4 Å². The monoisotopic (exact) mass is 324 g/mol. The van der Waals surface area contributed by atoms with E-state index in [1.807, 2.05) is 12.1 Å². The molecule has 0 aliphatic rings. The maximum absolute atomic E-state index is 9.03. The maximum atomic E-state index is 9.03. The molecular weight excluding hydrogens is 315 g/mol. The minimum absolute atomic E-state index is 0.566. The van der Waals surface area contributed by atoms with Crippen molar-refractivity contribution < 1.29 is 0 Å². The number of hydrogen-bond donors (Lipinski definition) is 1. The molecule has 2 rings (SSSR count). The van der Waals surface area contributed by atoms with Gasteiger partial charge in [0.2, 0.25) is 0 Å². The van der Waals surface area contributed by atoms with Gasteiger partial charge in [0, 0.05) is 21.6 Å². The van der Waals surface area contributed by atoms with E-state index in [1.54, 1.807) is 24.3 Å². The van der Waals surface area contributed by atoms with E-state index in [0.717, 1.165) is 17.7 Å². The third-order valence-corrected chi connectivity index (χ3v) is 3.65. The highest BCUT2D eigenvalue weighted by Gasteiger charge is 2.04. The van der Waals surface area contributed by atoms with Crippen LogP contribution >= 0.6 is 34.8 Å². The Balaban J connectivity index is 2.03. The van der Waals surface area contributed by atoms with Crippen molar-refractivity contribution in [3.05, 3.63) is 62.6 Å². The van der Waals surface area contributed by atoms with E-state index < -0.39 is 0 Å². The molecule has 5 heteroatoms. The Bertz CT molecular complexity index is 663. The van der Waals surface area contributed by atoms with E-state index in [2.05, 4.69) is 11.4 Å². The van der Waals surface area contributed by atoms with Gasteiger partial charge in [0.25, 0.3) is 0 Å². The molecule has 102 valence electrons. The Morgan fingerprint density at radius 2 is 1.70 bits per heavy atom. The molecule has 0 aliphatic heterocycles. The zero-order valence-corrected chi connectivity index (χ0v) is 12.7. The minimum atomic E-state index is 0.566. The number of nitrogens with one attached hydrogen (secondary N) is 1. The molecule has 2 aromatic carbocycles. The Kier molecular flexibility index (Phi) is 5.14. The molecule has 0 aromatic heterocycles. The molecule has 2 nitrogen and oxygen atoms in total. The Morgan fingerprint density at radius 3 is 2.40 bits per heavy atom. The lowest BCUT2D eigenvalue weighted by Crippen LogP contribution is -2.06. The third kappa shape index (κ3) is 3.80. The quantitative estimate of drug-likeness (QED) is 0.841. The highest BCUT2D eigenvalue weighted by Crippen LogP contribution is 2.23. The average molecular weight is 326 g/mol. The lowest BCUT2D eigenvalue weighted by Gasteiger charge is -2.09. The fraction of sp³-hybridized carbons (Fsp3) is 0.133. The van der Waals surface area contributed by atoms with E-state index in [9.17, 15) is 0 Å². The van der Waals surface area contributed by atoms with E-state index in [0.29, 0.717) is 27.2 Å². The van der Waals surface area contributed by atoms with Gasteiger partial charge in [-0.1, -0.05) is 40.9 Å². The van der Waals surface area contributed by atoms with E-state index in [1.165, 1.54) is 0 Å². The van der Waals surface area contributed by atoms with Crippen molar-refractivity contribution in [2.24, 2.45) is 0 Å². The molecule has 0 heterocycles. The van der Waals surface area contributed by atoms with Crippen LogP contribution in [-0.4, -0.2) is 6.54 Å². The standard InChI is InChI=1S/C15H11Cl3N2/c16-12-3-1-10(14(18)7-12)5-6-20-15-8-13(17)4-2-11(15)9-19/h1-4,7-8,20H,5-6H2. The SMILES string of the molecule is N#Cc1ccc(Cl)cc1NCCc1ccc(Cl)cc1Cl. The summed E-state index contributed by atoms with van der Waals surface area (Å²) in [4.78, 5) is 0. The maximum Gasteiger partial charge on any atom is 0.101 e. The highest BCUT2D eigenvalue weighted by atomic mass is 35.5. The smallest absolute Gasteiger partial charge is 0.101 e. The normalized spacial score (nSPS) is 10.1. The molecular formula is C15H11Cl3N2. The highest BCUT2D eigenvalue weighted by molar-refractivity contribution is 6.35. The van der Waals surface area contributed by atoms with Crippen molar-refractivity contribution in [3.8, 4) is 6.07 Å². The van der Waals surface area contributed by atoms with Crippen LogP contribution in [0.25, 0.3) is 0 Å². The van der Waals surface area contributed by atoms with Gasteiger partial charge >= 0.3 is 0 Å². The average Bonchev–Trinajstić information content (AvgIpc) is 2.41. The van der Waals surface area contributed by atoms with Gasteiger partial charge in [-0.15, -0.1) is 0 Å². The van der Waals surface area contributed by atoms with E-state index in [-0.39, 0.29) is 0 Å². The van der Waals surface area contributed by atoms with E-state index >= 15 is 0 Å². The summed E-state index contributed by atoms with van der Waals surface area (Å²) in [7, 11) is 0. The first-order valence-electron chi connectivity index (χ1n) is 5.97. The molecule has 0 amide bonds. The molecule has 2 aromatic rings. The van der Waals surface area contributed by atoms with E-state index in [4.69, 9.17) is 40.1 Å². The Labute approximate surface area is 132 Å². The fourth-order valence-electron chi connectivity index (χ4n) is 1.82. The van der Waals surface area contributed by atoms with Gasteiger partial charge < -0.3 is 5.32 Å². The number of nitriles is 1. The van der Waals surface area contributed by atoms with Crippen LogP contribution in [0.3, 0.4) is 0 Å². The number of benzene rings is 2. The summed E-state index contributed by atoms with van der Waals surface area (Å²) >= 11 is 17.9.